The maximum atomic E-state index is 2.54. The molecule has 9 aromatic carbocycles. The van der Waals surface area contributed by atoms with Gasteiger partial charge in [-0.15, -0.1) is 0 Å². The molecule has 0 spiro atoms. The molecule has 0 bridgehead atoms. The van der Waals surface area contributed by atoms with Crippen LogP contribution in [-0.2, 0) is 10.8 Å². The molecule has 1 heterocycles. The van der Waals surface area contributed by atoms with Gasteiger partial charge in [-0.3, -0.25) is 0 Å². The zero-order valence-corrected chi connectivity index (χ0v) is 35.5. The van der Waals surface area contributed by atoms with Gasteiger partial charge in [0.25, 0.3) is 0 Å². The lowest BCUT2D eigenvalue weighted by molar-refractivity contribution is 0.660. The lowest BCUT2D eigenvalue weighted by atomic mass is 9.82. The average Bonchev–Trinajstić information content (AvgIpc) is 3.86. The minimum absolute atomic E-state index is 0.144. The van der Waals surface area contributed by atoms with Gasteiger partial charge in [0.05, 0.1) is 16.7 Å². The Bertz CT molecular complexity index is 3300. The van der Waals surface area contributed by atoms with Crippen molar-refractivity contribution in [3.63, 3.8) is 0 Å². The molecule has 0 fully saturated rings. The van der Waals surface area contributed by atoms with Crippen molar-refractivity contribution in [2.75, 3.05) is 4.90 Å². The Morgan fingerprint density at radius 2 is 0.855 bits per heavy atom. The molecule has 0 unspecified atom stereocenters. The summed E-state index contributed by atoms with van der Waals surface area (Å²) in [7, 11) is 0. The predicted octanol–water partition coefficient (Wildman–Crippen LogP) is 16.2. The lowest BCUT2D eigenvalue weighted by Crippen LogP contribution is -2.18. The third-order valence-corrected chi connectivity index (χ3v) is 14.0. The van der Waals surface area contributed by atoms with E-state index >= 15 is 0 Å². The van der Waals surface area contributed by atoms with Crippen molar-refractivity contribution in [1.29, 1.82) is 0 Å². The number of hydrogen-bond acceptors (Lipinski definition) is 1. The Labute approximate surface area is 364 Å². The summed E-state index contributed by atoms with van der Waals surface area (Å²) in [5.74, 6) is 0. The molecule has 0 aliphatic heterocycles. The van der Waals surface area contributed by atoms with Crippen LogP contribution in [0.1, 0.15) is 49.9 Å². The van der Waals surface area contributed by atoms with Crippen molar-refractivity contribution >= 4 is 38.9 Å². The Balaban J connectivity index is 1.14. The second kappa shape index (κ2) is 13.5. The van der Waals surface area contributed by atoms with E-state index in [4.69, 9.17) is 0 Å². The van der Waals surface area contributed by atoms with Gasteiger partial charge in [-0.1, -0.05) is 179 Å². The minimum Gasteiger partial charge on any atom is -0.310 e. The highest BCUT2D eigenvalue weighted by molar-refractivity contribution is 6.17. The first-order valence-corrected chi connectivity index (χ1v) is 21.8. The largest absolute Gasteiger partial charge is 0.310 e. The van der Waals surface area contributed by atoms with Crippen molar-refractivity contribution in [3.8, 4) is 50.2 Å². The van der Waals surface area contributed by atoms with Gasteiger partial charge in [-0.05, 0) is 121 Å². The number of nitrogens with zero attached hydrogens (tertiary/aromatic N) is 2. The number of aromatic nitrogens is 1. The van der Waals surface area contributed by atoms with E-state index in [2.05, 4.69) is 243 Å². The van der Waals surface area contributed by atoms with Crippen molar-refractivity contribution in [3.05, 3.63) is 229 Å². The van der Waals surface area contributed by atoms with Gasteiger partial charge >= 0.3 is 0 Å². The summed E-state index contributed by atoms with van der Waals surface area (Å²) in [6.07, 6.45) is 0. The van der Waals surface area contributed by atoms with E-state index in [1.807, 2.05) is 0 Å². The van der Waals surface area contributed by atoms with Crippen LogP contribution in [0.3, 0.4) is 0 Å². The van der Waals surface area contributed by atoms with E-state index in [1.54, 1.807) is 0 Å². The molecule has 2 aliphatic carbocycles. The summed E-state index contributed by atoms with van der Waals surface area (Å²) < 4.78 is 2.48. The van der Waals surface area contributed by atoms with Crippen molar-refractivity contribution in [2.24, 2.45) is 0 Å². The van der Waals surface area contributed by atoms with E-state index in [9.17, 15) is 0 Å². The fourth-order valence-electron chi connectivity index (χ4n) is 10.9. The van der Waals surface area contributed by atoms with Crippen LogP contribution in [0, 0.1) is 0 Å². The van der Waals surface area contributed by atoms with Crippen LogP contribution >= 0.6 is 0 Å². The van der Waals surface area contributed by atoms with Gasteiger partial charge in [-0.2, -0.15) is 0 Å². The highest BCUT2D eigenvalue weighted by Crippen LogP contribution is 2.54. The average molecular weight is 795 g/mol. The van der Waals surface area contributed by atoms with Gasteiger partial charge in [-0.25, -0.2) is 0 Å². The van der Waals surface area contributed by atoms with Gasteiger partial charge in [0, 0.05) is 38.7 Å². The van der Waals surface area contributed by atoms with Gasteiger partial charge in [0.15, 0.2) is 0 Å². The number of fused-ring (bicyclic) bond motifs is 9. The molecule has 296 valence electrons. The Hall–Kier alpha value is -7.42. The van der Waals surface area contributed by atoms with Crippen molar-refractivity contribution in [1.82, 2.24) is 4.57 Å². The molecule has 0 radical (unpaired) electrons. The number of anilines is 3. The van der Waals surface area contributed by atoms with Crippen LogP contribution in [0.4, 0.5) is 17.1 Å². The summed E-state index contributed by atoms with van der Waals surface area (Å²) >= 11 is 0. The van der Waals surface area contributed by atoms with E-state index in [0.717, 1.165) is 22.7 Å². The first kappa shape index (κ1) is 36.4. The topological polar surface area (TPSA) is 8.17 Å². The SMILES string of the molecule is CC1(C)c2ccccc2-c2ccc(N(c3ccc4c(c3)C(C)(C)c3ccccc3-4)c3cccc4c3c3ccc(-c5ccccc5)cc3n4-c3cccc(-c4ccccc4)c3)cc21. The third-order valence-electron chi connectivity index (χ3n) is 14.0. The number of rotatable bonds is 6. The Morgan fingerprint density at radius 1 is 0.355 bits per heavy atom. The maximum absolute atomic E-state index is 2.54. The second-order valence-corrected chi connectivity index (χ2v) is 18.2. The molecule has 0 atom stereocenters. The van der Waals surface area contributed by atoms with Gasteiger partial charge in [0.1, 0.15) is 0 Å². The summed E-state index contributed by atoms with van der Waals surface area (Å²) in [5.41, 5.74) is 22.2. The molecule has 10 aromatic rings. The minimum atomic E-state index is -0.144. The van der Waals surface area contributed by atoms with Crippen LogP contribution in [0.5, 0.6) is 0 Å². The number of benzene rings is 9. The summed E-state index contributed by atoms with van der Waals surface area (Å²) in [6.45, 7) is 9.51. The fraction of sp³-hybridized carbons (Fsp3) is 0.100. The monoisotopic (exact) mass is 794 g/mol. The molecule has 0 saturated heterocycles. The first-order valence-electron chi connectivity index (χ1n) is 21.8. The van der Waals surface area contributed by atoms with Crippen molar-refractivity contribution < 1.29 is 0 Å². The lowest BCUT2D eigenvalue weighted by Gasteiger charge is -2.30. The van der Waals surface area contributed by atoms with E-state index in [1.165, 1.54) is 88.6 Å². The molecule has 0 N–H and O–H groups in total. The van der Waals surface area contributed by atoms with Crippen molar-refractivity contribution in [2.45, 2.75) is 38.5 Å². The molecule has 2 nitrogen and oxygen atoms in total. The van der Waals surface area contributed by atoms with Gasteiger partial charge < -0.3 is 9.47 Å². The summed E-state index contributed by atoms with van der Waals surface area (Å²) in [5, 5.41) is 2.44. The molecule has 1 aromatic heterocycles. The van der Waals surface area contributed by atoms with Gasteiger partial charge in [0.2, 0.25) is 0 Å². The zero-order valence-electron chi connectivity index (χ0n) is 35.5. The molecule has 2 aliphatic rings. The second-order valence-electron chi connectivity index (χ2n) is 18.2. The van der Waals surface area contributed by atoms with Crippen LogP contribution in [0.15, 0.2) is 206 Å². The molecular weight excluding hydrogens is 749 g/mol. The highest BCUT2D eigenvalue weighted by atomic mass is 15.1. The molecule has 0 saturated carbocycles. The third kappa shape index (κ3) is 5.36. The predicted molar refractivity (Wildman–Crippen MR) is 261 cm³/mol. The van der Waals surface area contributed by atoms with Crippen LogP contribution < -0.4 is 4.90 Å². The molecule has 62 heavy (non-hydrogen) atoms. The van der Waals surface area contributed by atoms with Crippen LogP contribution in [-0.4, -0.2) is 4.57 Å². The molecule has 0 amide bonds. The van der Waals surface area contributed by atoms with E-state index in [0.29, 0.717) is 0 Å². The summed E-state index contributed by atoms with van der Waals surface area (Å²) in [6, 6.07) is 76.6. The highest BCUT2D eigenvalue weighted by Gasteiger charge is 2.38. The maximum Gasteiger partial charge on any atom is 0.0562 e. The van der Waals surface area contributed by atoms with Crippen LogP contribution in [0.2, 0.25) is 0 Å². The molecular formula is C60H46N2. The smallest absolute Gasteiger partial charge is 0.0562 e. The molecule has 2 heteroatoms. The molecule has 12 rings (SSSR count). The Kier molecular flexibility index (Phi) is 7.96. The quantitative estimate of drug-likeness (QED) is 0.163. The normalized spacial score (nSPS) is 14.1. The fourth-order valence-corrected chi connectivity index (χ4v) is 10.9. The summed E-state index contributed by atoms with van der Waals surface area (Å²) in [4.78, 5) is 2.54. The zero-order chi connectivity index (χ0) is 41.7. The Morgan fingerprint density at radius 3 is 1.45 bits per heavy atom. The van der Waals surface area contributed by atoms with E-state index < -0.39 is 0 Å². The standard InChI is InChI=1S/C60H46N2/c1-59(2)51-25-13-11-23-46(51)48-33-30-44(37-53(48)59)61(45-31-34-49-47-24-12-14-26-52(47)60(3,4)54(49)38-45)55-27-16-28-56-58(55)50-32-29-42(40-19-9-6-10-20-40)36-57(50)62(56)43-22-15-21-41(35-43)39-17-7-5-8-18-39/h5-38H,1-4H3. The van der Waals surface area contributed by atoms with E-state index in [-0.39, 0.29) is 10.8 Å². The number of hydrogen-bond donors (Lipinski definition) is 0. The van der Waals surface area contributed by atoms with Crippen LogP contribution in [0.25, 0.3) is 72.0 Å². The first-order chi connectivity index (χ1) is 30.3.